The van der Waals surface area contributed by atoms with E-state index in [0.717, 1.165) is 24.8 Å². The first-order valence-electron chi connectivity index (χ1n) is 9.01. The van der Waals surface area contributed by atoms with Crippen LogP contribution in [0.1, 0.15) is 50.3 Å². The van der Waals surface area contributed by atoms with Gasteiger partial charge in [0.2, 0.25) is 5.91 Å². The number of hydrogen-bond acceptors (Lipinski definition) is 3. The quantitative estimate of drug-likeness (QED) is 0.595. The molecule has 142 valence electrons. The number of urea groups is 1. The zero-order chi connectivity index (χ0) is 19.1. The van der Waals surface area contributed by atoms with Crippen molar-refractivity contribution in [2.45, 2.75) is 51.6 Å². The van der Waals surface area contributed by atoms with Crippen molar-refractivity contribution in [3.63, 3.8) is 0 Å². The molecule has 1 aliphatic rings. The molecule has 7 nitrogen and oxygen atoms in total. The molecule has 0 spiro atoms. The Kier molecular flexibility index (Phi) is 7.00. The monoisotopic (exact) mass is 361 g/mol. The molecule has 0 saturated heterocycles. The molecular weight excluding hydrogens is 334 g/mol. The van der Waals surface area contributed by atoms with Crippen molar-refractivity contribution < 1.29 is 19.5 Å². The van der Waals surface area contributed by atoms with Gasteiger partial charge in [-0.1, -0.05) is 38.1 Å². The van der Waals surface area contributed by atoms with Crippen molar-refractivity contribution in [1.82, 2.24) is 16.0 Å². The van der Waals surface area contributed by atoms with Gasteiger partial charge in [-0.15, -0.1) is 0 Å². The Hall–Kier alpha value is -2.57. The van der Waals surface area contributed by atoms with E-state index in [2.05, 4.69) is 22.0 Å². The van der Waals surface area contributed by atoms with E-state index in [1.54, 1.807) is 0 Å². The standard InChI is InChI=1S/C19H27N3O4/c1-12(2)10-16(18(24)25)22-19(26)20-11-17(23)21-15-9-5-7-13-6-3-4-8-14(13)15/h3-4,6,8,12,15-16H,5,7,9-11H2,1-2H3,(H,21,23)(H,24,25)(H2,20,22,26)/t15-,16+/m1/s1. The maximum atomic E-state index is 12.2. The highest BCUT2D eigenvalue weighted by Crippen LogP contribution is 2.29. The summed E-state index contributed by atoms with van der Waals surface area (Å²) in [5.74, 6) is -1.25. The van der Waals surface area contributed by atoms with E-state index in [1.165, 1.54) is 5.56 Å². The number of carboxylic acids is 1. The SMILES string of the molecule is CC(C)C[C@H](NC(=O)NCC(=O)N[C@@H]1CCCc2ccccc21)C(=O)O. The minimum atomic E-state index is -1.09. The molecule has 0 heterocycles. The molecule has 0 aliphatic heterocycles. The molecule has 1 aromatic rings. The Labute approximate surface area is 153 Å². The lowest BCUT2D eigenvalue weighted by atomic mass is 9.88. The number of aryl methyl sites for hydroxylation is 1. The number of carbonyl (C=O) groups excluding carboxylic acids is 2. The fraction of sp³-hybridized carbons (Fsp3) is 0.526. The molecule has 3 amide bonds. The maximum absolute atomic E-state index is 12.2. The Morgan fingerprint density at radius 1 is 1.23 bits per heavy atom. The molecule has 0 radical (unpaired) electrons. The predicted molar refractivity (Wildman–Crippen MR) is 97.7 cm³/mol. The van der Waals surface area contributed by atoms with Crippen LogP contribution in [0.4, 0.5) is 4.79 Å². The first-order chi connectivity index (χ1) is 12.4. The Morgan fingerprint density at radius 2 is 1.96 bits per heavy atom. The fourth-order valence-electron chi connectivity index (χ4n) is 3.21. The van der Waals surface area contributed by atoms with E-state index in [-0.39, 0.29) is 24.4 Å². The highest BCUT2D eigenvalue weighted by Gasteiger charge is 2.23. The lowest BCUT2D eigenvalue weighted by Crippen LogP contribution is -2.49. The van der Waals surface area contributed by atoms with E-state index in [0.29, 0.717) is 6.42 Å². The lowest BCUT2D eigenvalue weighted by molar-refractivity contribution is -0.139. The smallest absolute Gasteiger partial charge is 0.326 e. The highest BCUT2D eigenvalue weighted by atomic mass is 16.4. The van der Waals surface area contributed by atoms with Crippen LogP contribution in [0.5, 0.6) is 0 Å². The molecule has 2 rings (SSSR count). The summed E-state index contributed by atoms with van der Waals surface area (Å²) in [5.41, 5.74) is 2.37. The van der Waals surface area contributed by atoms with Gasteiger partial charge in [0.1, 0.15) is 6.04 Å². The molecule has 1 aliphatic carbocycles. The van der Waals surface area contributed by atoms with Crippen molar-refractivity contribution in [3.05, 3.63) is 35.4 Å². The molecule has 4 N–H and O–H groups in total. The minimum absolute atomic E-state index is 0.0509. The number of hydrogen-bond donors (Lipinski definition) is 4. The van der Waals surface area contributed by atoms with E-state index in [4.69, 9.17) is 5.11 Å². The number of amides is 3. The second-order valence-electron chi connectivity index (χ2n) is 7.06. The van der Waals surface area contributed by atoms with Gasteiger partial charge in [0.25, 0.3) is 0 Å². The number of nitrogens with one attached hydrogen (secondary N) is 3. The third kappa shape index (κ3) is 5.75. The van der Waals surface area contributed by atoms with Crippen LogP contribution in [0.15, 0.2) is 24.3 Å². The molecule has 0 aromatic heterocycles. The molecule has 0 fully saturated rings. The van der Waals surface area contributed by atoms with Crippen LogP contribution >= 0.6 is 0 Å². The summed E-state index contributed by atoms with van der Waals surface area (Å²) in [6, 6.07) is 6.36. The normalized spacial score (nSPS) is 17.1. The van der Waals surface area contributed by atoms with Crippen LogP contribution in [0, 0.1) is 5.92 Å². The largest absolute Gasteiger partial charge is 0.480 e. The van der Waals surface area contributed by atoms with Crippen molar-refractivity contribution in [2.24, 2.45) is 5.92 Å². The lowest BCUT2D eigenvalue weighted by Gasteiger charge is -2.26. The zero-order valence-electron chi connectivity index (χ0n) is 15.2. The van der Waals surface area contributed by atoms with Crippen LogP contribution in [0.25, 0.3) is 0 Å². The van der Waals surface area contributed by atoms with Crippen LogP contribution in [-0.2, 0) is 16.0 Å². The summed E-state index contributed by atoms with van der Waals surface area (Å²) in [4.78, 5) is 35.2. The summed E-state index contributed by atoms with van der Waals surface area (Å²) in [6.07, 6.45) is 3.21. The average Bonchev–Trinajstić information content (AvgIpc) is 2.59. The second kappa shape index (κ2) is 9.22. The van der Waals surface area contributed by atoms with E-state index in [9.17, 15) is 14.4 Å². The molecule has 0 unspecified atom stereocenters. The molecular formula is C19H27N3O4. The van der Waals surface area contributed by atoms with Gasteiger partial charge in [-0.2, -0.15) is 0 Å². The number of aliphatic carboxylic acids is 1. The first-order valence-corrected chi connectivity index (χ1v) is 9.01. The van der Waals surface area contributed by atoms with Gasteiger partial charge >= 0.3 is 12.0 Å². The van der Waals surface area contributed by atoms with Gasteiger partial charge in [0.15, 0.2) is 0 Å². The summed E-state index contributed by atoms with van der Waals surface area (Å²) in [6.45, 7) is 3.56. The molecule has 7 heteroatoms. The summed E-state index contributed by atoms with van der Waals surface area (Å²) < 4.78 is 0. The van der Waals surface area contributed by atoms with Gasteiger partial charge in [0.05, 0.1) is 12.6 Å². The molecule has 0 saturated carbocycles. The molecule has 1 aromatic carbocycles. The Balaban J connectivity index is 1.82. The van der Waals surface area contributed by atoms with Crippen LogP contribution in [0.2, 0.25) is 0 Å². The summed E-state index contributed by atoms with van der Waals surface area (Å²) in [7, 11) is 0. The summed E-state index contributed by atoms with van der Waals surface area (Å²) >= 11 is 0. The Bertz CT molecular complexity index is 660. The van der Waals surface area contributed by atoms with Crippen LogP contribution in [-0.4, -0.2) is 35.6 Å². The number of carbonyl (C=O) groups is 3. The maximum Gasteiger partial charge on any atom is 0.326 e. The average molecular weight is 361 g/mol. The van der Waals surface area contributed by atoms with Crippen LogP contribution in [0.3, 0.4) is 0 Å². The van der Waals surface area contributed by atoms with Crippen molar-refractivity contribution >= 4 is 17.9 Å². The topological polar surface area (TPSA) is 108 Å². The number of fused-ring (bicyclic) bond motifs is 1. The predicted octanol–water partition coefficient (Wildman–Crippen LogP) is 1.98. The van der Waals surface area contributed by atoms with E-state index < -0.39 is 18.0 Å². The fourth-order valence-corrected chi connectivity index (χ4v) is 3.21. The number of rotatable bonds is 7. The van der Waals surface area contributed by atoms with Gasteiger partial charge < -0.3 is 21.1 Å². The van der Waals surface area contributed by atoms with Gasteiger partial charge in [0, 0.05) is 0 Å². The van der Waals surface area contributed by atoms with Crippen molar-refractivity contribution in [1.29, 1.82) is 0 Å². The zero-order valence-corrected chi connectivity index (χ0v) is 15.2. The van der Waals surface area contributed by atoms with Crippen molar-refractivity contribution in [3.8, 4) is 0 Å². The number of benzene rings is 1. The minimum Gasteiger partial charge on any atom is -0.480 e. The third-order valence-corrected chi connectivity index (χ3v) is 4.42. The molecule has 0 bridgehead atoms. The molecule has 2 atom stereocenters. The van der Waals surface area contributed by atoms with Crippen LogP contribution < -0.4 is 16.0 Å². The van der Waals surface area contributed by atoms with Crippen molar-refractivity contribution in [2.75, 3.05) is 6.54 Å². The van der Waals surface area contributed by atoms with E-state index in [1.807, 2.05) is 32.0 Å². The van der Waals surface area contributed by atoms with Gasteiger partial charge in [-0.25, -0.2) is 9.59 Å². The highest BCUT2D eigenvalue weighted by molar-refractivity contribution is 5.86. The summed E-state index contributed by atoms with van der Waals surface area (Å²) in [5, 5.41) is 16.9. The number of carboxylic acid groups (broad SMARTS) is 1. The van der Waals surface area contributed by atoms with Gasteiger partial charge in [-0.3, -0.25) is 4.79 Å². The second-order valence-corrected chi connectivity index (χ2v) is 7.06. The van der Waals surface area contributed by atoms with Gasteiger partial charge in [-0.05, 0) is 42.7 Å². The first kappa shape index (κ1) is 19.8. The third-order valence-electron chi connectivity index (χ3n) is 4.42. The van der Waals surface area contributed by atoms with E-state index >= 15 is 0 Å². The Morgan fingerprint density at radius 3 is 2.65 bits per heavy atom. The molecule has 26 heavy (non-hydrogen) atoms.